The van der Waals surface area contributed by atoms with Crippen molar-refractivity contribution in [3.05, 3.63) is 11.6 Å². The fraction of sp³-hybridized carbons (Fsp3) is 0.867. The summed E-state index contributed by atoms with van der Waals surface area (Å²) < 4.78 is 0. The van der Waals surface area contributed by atoms with Crippen LogP contribution in [0, 0.1) is 11.8 Å². The van der Waals surface area contributed by atoms with Gasteiger partial charge >= 0.3 is 0 Å². The van der Waals surface area contributed by atoms with Gasteiger partial charge in [0.1, 0.15) is 0 Å². The molecule has 1 aliphatic carbocycles. The molecule has 1 N–H and O–H groups in total. The summed E-state index contributed by atoms with van der Waals surface area (Å²) in [5, 5.41) is 3.63. The van der Waals surface area contributed by atoms with Crippen molar-refractivity contribution in [1.82, 2.24) is 10.2 Å². The van der Waals surface area contributed by atoms with E-state index < -0.39 is 0 Å². The molecule has 2 nitrogen and oxygen atoms in total. The molecule has 1 rings (SSSR count). The molecular formula is C15H30N2. The van der Waals surface area contributed by atoms with Gasteiger partial charge in [-0.2, -0.15) is 0 Å². The Hall–Kier alpha value is -0.340. The van der Waals surface area contributed by atoms with Gasteiger partial charge in [-0.25, -0.2) is 0 Å². The lowest BCUT2D eigenvalue weighted by Crippen LogP contribution is -2.34. The molecule has 0 heterocycles. The van der Waals surface area contributed by atoms with Crippen LogP contribution in [-0.2, 0) is 0 Å². The number of allylic oxidation sites excluding steroid dienone is 2. The first-order chi connectivity index (χ1) is 8.15. The van der Waals surface area contributed by atoms with Crippen molar-refractivity contribution in [2.24, 2.45) is 11.8 Å². The van der Waals surface area contributed by atoms with Crippen LogP contribution in [0.5, 0.6) is 0 Å². The van der Waals surface area contributed by atoms with Gasteiger partial charge in [-0.1, -0.05) is 32.4 Å². The first-order valence-electron chi connectivity index (χ1n) is 7.26. The van der Waals surface area contributed by atoms with Crippen molar-refractivity contribution in [3.63, 3.8) is 0 Å². The quantitative estimate of drug-likeness (QED) is 0.542. The molecule has 0 aliphatic heterocycles. The molecule has 0 saturated heterocycles. The van der Waals surface area contributed by atoms with Gasteiger partial charge in [0, 0.05) is 13.1 Å². The number of hydrogen-bond acceptors (Lipinski definition) is 2. The van der Waals surface area contributed by atoms with Crippen molar-refractivity contribution in [2.45, 2.75) is 40.5 Å². The van der Waals surface area contributed by atoms with Crippen LogP contribution < -0.4 is 5.32 Å². The first-order valence-corrected chi connectivity index (χ1v) is 7.26. The van der Waals surface area contributed by atoms with Crippen molar-refractivity contribution < 1.29 is 0 Å². The van der Waals surface area contributed by atoms with E-state index in [4.69, 9.17) is 0 Å². The first kappa shape index (κ1) is 14.7. The van der Waals surface area contributed by atoms with Gasteiger partial charge in [0.15, 0.2) is 0 Å². The highest BCUT2D eigenvalue weighted by Gasteiger charge is 2.17. The Morgan fingerprint density at radius 2 is 2.06 bits per heavy atom. The smallest absolute Gasteiger partial charge is 0.0107 e. The second-order valence-electron chi connectivity index (χ2n) is 5.53. The summed E-state index contributed by atoms with van der Waals surface area (Å²) in [7, 11) is 0. The molecule has 2 atom stereocenters. The Kier molecular flexibility index (Phi) is 6.83. The number of nitrogens with one attached hydrogen (secondary N) is 1. The zero-order chi connectivity index (χ0) is 12.7. The van der Waals surface area contributed by atoms with Crippen LogP contribution in [0.15, 0.2) is 11.6 Å². The standard InChI is InChI=1S/C15H30N2/c1-5-17(6-2)8-7-16-12-15-10-13(3)9-14(4)11-15/h9,13,15-16H,5-8,10-12H2,1-4H3. The summed E-state index contributed by atoms with van der Waals surface area (Å²) in [5.74, 6) is 1.63. The van der Waals surface area contributed by atoms with E-state index in [2.05, 4.69) is 44.0 Å². The minimum absolute atomic E-state index is 0.776. The van der Waals surface area contributed by atoms with Crippen LogP contribution in [0.4, 0.5) is 0 Å². The summed E-state index contributed by atoms with van der Waals surface area (Å²) >= 11 is 0. The molecule has 0 aromatic carbocycles. The second-order valence-corrected chi connectivity index (χ2v) is 5.53. The summed E-state index contributed by atoms with van der Waals surface area (Å²) in [5.41, 5.74) is 1.58. The lowest BCUT2D eigenvalue weighted by atomic mass is 9.84. The second kappa shape index (κ2) is 7.88. The average molecular weight is 238 g/mol. The Bertz CT molecular complexity index is 231. The molecule has 2 unspecified atom stereocenters. The molecule has 2 heteroatoms. The van der Waals surface area contributed by atoms with Gasteiger partial charge in [-0.15, -0.1) is 0 Å². The third-order valence-electron chi connectivity index (χ3n) is 3.82. The minimum Gasteiger partial charge on any atom is -0.315 e. The Balaban J connectivity index is 2.13. The molecule has 0 fully saturated rings. The molecule has 0 aromatic heterocycles. The van der Waals surface area contributed by atoms with Crippen LogP contribution >= 0.6 is 0 Å². The Morgan fingerprint density at radius 3 is 2.65 bits per heavy atom. The molecule has 0 bridgehead atoms. The van der Waals surface area contributed by atoms with Crippen molar-refractivity contribution in [1.29, 1.82) is 0 Å². The molecule has 0 amide bonds. The summed E-state index contributed by atoms with van der Waals surface area (Å²) in [4.78, 5) is 2.47. The van der Waals surface area contributed by atoms with Gasteiger partial charge in [0.05, 0.1) is 0 Å². The summed E-state index contributed by atoms with van der Waals surface area (Å²) in [6, 6.07) is 0. The third-order valence-corrected chi connectivity index (χ3v) is 3.82. The maximum absolute atomic E-state index is 3.63. The largest absolute Gasteiger partial charge is 0.315 e. The zero-order valence-electron chi connectivity index (χ0n) is 12.1. The predicted molar refractivity (Wildman–Crippen MR) is 76.3 cm³/mol. The van der Waals surface area contributed by atoms with E-state index in [1.165, 1.54) is 39.0 Å². The Labute approximate surface area is 107 Å². The molecule has 0 radical (unpaired) electrons. The SMILES string of the molecule is CCN(CC)CCNCC1CC(C)=CC(C)C1. The van der Waals surface area contributed by atoms with E-state index in [0.29, 0.717) is 0 Å². The highest BCUT2D eigenvalue weighted by Crippen LogP contribution is 2.27. The molecule has 100 valence electrons. The molecule has 1 aliphatic rings. The van der Waals surface area contributed by atoms with Crippen LogP contribution in [0.1, 0.15) is 40.5 Å². The number of likely N-dealkylation sites (N-methyl/N-ethyl adjacent to an activating group) is 1. The van der Waals surface area contributed by atoms with E-state index in [1.807, 2.05) is 0 Å². The summed E-state index contributed by atoms with van der Waals surface area (Å²) in [6.07, 6.45) is 5.09. The van der Waals surface area contributed by atoms with Crippen LogP contribution in [0.3, 0.4) is 0 Å². The molecule has 0 aromatic rings. The average Bonchev–Trinajstić information content (AvgIpc) is 2.28. The van der Waals surface area contributed by atoms with E-state index in [0.717, 1.165) is 18.4 Å². The topological polar surface area (TPSA) is 15.3 Å². The maximum Gasteiger partial charge on any atom is 0.0107 e. The van der Waals surface area contributed by atoms with Crippen molar-refractivity contribution >= 4 is 0 Å². The Morgan fingerprint density at radius 1 is 1.35 bits per heavy atom. The van der Waals surface area contributed by atoms with Gasteiger partial charge in [0.2, 0.25) is 0 Å². The zero-order valence-corrected chi connectivity index (χ0v) is 12.1. The lowest BCUT2D eigenvalue weighted by Gasteiger charge is -2.26. The van der Waals surface area contributed by atoms with Crippen LogP contribution in [0.2, 0.25) is 0 Å². The highest BCUT2D eigenvalue weighted by atomic mass is 15.1. The van der Waals surface area contributed by atoms with Crippen molar-refractivity contribution in [3.8, 4) is 0 Å². The van der Waals surface area contributed by atoms with Gasteiger partial charge < -0.3 is 10.2 Å². The van der Waals surface area contributed by atoms with E-state index in [1.54, 1.807) is 5.57 Å². The number of rotatable bonds is 7. The summed E-state index contributed by atoms with van der Waals surface area (Å²) in [6.45, 7) is 14.9. The number of nitrogens with zero attached hydrogens (tertiary/aromatic N) is 1. The molecule has 0 saturated carbocycles. The normalized spacial score (nSPS) is 25.1. The van der Waals surface area contributed by atoms with Gasteiger partial charge in [-0.3, -0.25) is 0 Å². The molecule has 0 spiro atoms. The maximum atomic E-state index is 3.63. The predicted octanol–water partition coefficient (Wildman–Crippen LogP) is 2.91. The lowest BCUT2D eigenvalue weighted by molar-refractivity contribution is 0.294. The minimum atomic E-state index is 0.776. The third kappa shape index (κ3) is 5.69. The van der Waals surface area contributed by atoms with Gasteiger partial charge in [-0.05, 0) is 51.2 Å². The highest BCUT2D eigenvalue weighted by molar-refractivity contribution is 5.06. The van der Waals surface area contributed by atoms with E-state index in [-0.39, 0.29) is 0 Å². The van der Waals surface area contributed by atoms with E-state index >= 15 is 0 Å². The molecular weight excluding hydrogens is 208 g/mol. The van der Waals surface area contributed by atoms with Crippen LogP contribution in [-0.4, -0.2) is 37.6 Å². The fourth-order valence-electron chi connectivity index (χ4n) is 2.92. The van der Waals surface area contributed by atoms with Crippen LogP contribution in [0.25, 0.3) is 0 Å². The van der Waals surface area contributed by atoms with Crippen molar-refractivity contribution in [2.75, 3.05) is 32.7 Å². The number of hydrogen-bond donors (Lipinski definition) is 1. The fourth-order valence-corrected chi connectivity index (χ4v) is 2.92. The van der Waals surface area contributed by atoms with E-state index in [9.17, 15) is 0 Å². The monoisotopic (exact) mass is 238 g/mol. The molecule has 17 heavy (non-hydrogen) atoms. The van der Waals surface area contributed by atoms with Gasteiger partial charge in [0.25, 0.3) is 0 Å².